The van der Waals surface area contributed by atoms with Crippen molar-refractivity contribution in [3.05, 3.63) is 16.0 Å². The van der Waals surface area contributed by atoms with Crippen molar-refractivity contribution in [1.29, 1.82) is 0 Å². The molecule has 0 bridgehead atoms. The molecule has 0 spiro atoms. The number of amides is 2. The van der Waals surface area contributed by atoms with E-state index in [1.807, 2.05) is 0 Å². The van der Waals surface area contributed by atoms with E-state index in [1.165, 1.54) is 62.7 Å². The molecule has 0 atom stereocenters. The second-order valence-corrected chi connectivity index (χ2v) is 9.22. The van der Waals surface area contributed by atoms with Crippen molar-refractivity contribution >= 4 is 28.2 Å². The van der Waals surface area contributed by atoms with Crippen molar-refractivity contribution < 1.29 is 9.59 Å². The van der Waals surface area contributed by atoms with Gasteiger partial charge in [-0.05, 0) is 37.7 Å². The normalized spacial score (nSPS) is 13.3. The van der Waals surface area contributed by atoms with Crippen molar-refractivity contribution in [2.24, 2.45) is 5.73 Å². The molecule has 1 aromatic heterocycles. The summed E-state index contributed by atoms with van der Waals surface area (Å²) in [7, 11) is 0. The van der Waals surface area contributed by atoms with Gasteiger partial charge >= 0.3 is 0 Å². The summed E-state index contributed by atoms with van der Waals surface area (Å²) in [6.45, 7) is 2.25. The van der Waals surface area contributed by atoms with Crippen LogP contribution in [0.1, 0.15) is 118 Å². The minimum absolute atomic E-state index is 0.0111. The molecule has 5 heteroatoms. The van der Waals surface area contributed by atoms with Crippen LogP contribution in [0.4, 0.5) is 5.00 Å². The van der Waals surface area contributed by atoms with E-state index in [0.717, 1.165) is 44.1 Å². The molecule has 0 saturated carbocycles. The Morgan fingerprint density at radius 2 is 1.46 bits per heavy atom. The summed E-state index contributed by atoms with van der Waals surface area (Å²) < 4.78 is 0. The van der Waals surface area contributed by atoms with Crippen LogP contribution in [0.25, 0.3) is 0 Å². The van der Waals surface area contributed by atoms with E-state index in [0.29, 0.717) is 17.0 Å². The van der Waals surface area contributed by atoms with E-state index in [9.17, 15) is 9.59 Å². The summed E-state index contributed by atoms with van der Waals surface area (Å²) >= 11 is 1.55. The van der Waals surface area contributed by atoms with E-state index in [1.54, 1.807) is 11.3 Å². The van der Waals surface area contributed by atoms with Gasteiger partial charge in [0.15, 0.2) is 0 Å². The Morgan fingerprint density at radius 1 is 0.893 bits per heavy atom. The average molecular weight is 407 g/mol. The van der Waals surface area contributed by atoms with Crippen LogP contribution in [-0.2, 0) is 17.6 Å². The number of primary amides is 1. The Labute approximate surface area is 174 Å². The molecular formula is C23H38N2O2S. The lowest BCUT2D eigenvalue weighted by Crippen LogP contribution is -2.18. The second kappa shape index (κ2) is 13.0. The van der Waals surface area contributed by atoms with Gasteiger partial charge in [0.1, 0.15) is 5.00 Å². The maximum atomic E-state index is 12.3. The number of thiophene rings is 1. The van der Waals surface area contributed by atoms with Crippen LogP contribution in [0.3, 0.4) is 0 Å². The molecule has 1 heterocycles. The van der Waals surface area contributed by atoms with Crippen molar-refractivity contribution in [3.63, 3.8) is 0 Å². The number of nitrogens with two attached hydrogens (primary N) is 1. The molecule has 2 amide bonds. The molecule has 0 radical (unpaired) electrons. The topological polar surface area (TPSA) is 72.2 Å². The van der Waals surface area contributed by atoms with Gasteiger partial charge in [-0.25, -0.2) is 0 Å². The van der Waals surface area contributed by atoms with Gasteiger partial charge in [0.05, 0.1) is 5.56 Å². The predicted octanol–water partition coefficient (Wildman–Crippen LogP) is 6.37. The zero-order valence-electron chi connectivity index (χ0n) is 17.6. The second-order valence-electron chi connectivity index (χ2n) is 8.11. The van der Waals surface area contributed by atoms with Crippen LogP contribution in [-0.4, -0.2) is 11.8 Å². The maximum absolute atomic E-state index is 12.3. The average Bonchev–Trinajstić information content (AvgIpc) is 3.04. The third-order valence-electron chi connectivity index (χ3n) is 5.68. The molecule has 1 aromatic rings. The summed E-state index contributed by atoms with van der Waals surface area (Å²) in [4.78, 5) is 25.4. The van der Waals surface area contributed by atoms with Crippen molar-refractivity contribution in [3.8, 4) is 0 Å². The number of unbranched alkanes of at least 4 members (excludes halogenated alkanes) is 10. The zero-order valence-corrected chi connectivity index (χ0v) is 18.4. The first kappa shape index (κ1) is 22.9. The number of hydrogen-bond acceptors (Lipinski definition) is 3. The van der Waals surface area contributed by atoms with Crippen molar-refractivity contribution in [2.45, 2.75) is 110 Å². The molecule has 0 unspecified atom stereocenters. The standard InChI is InChI=1S/C23H38N2O2S/c1-2-3-4-5-6-7-8-9-10-11-12-17-20(26)25-23-21(22(24)27)18-15-13-14-16-19(18)28-23/h2-17H2,1H3,(H2,24,27)(H,25,26). The minimum Gasteiger partial charge on any atom is -0.365 e. The lowest BCUT2D eigenvalue weighted by Gasteiger charge is -2.11. The zero-order chi connectivity index (χ0) is 20.2. The molecule has 28 heavy (non-hydrogen) atoms. The van der Waals surface area contributed by atoms with Gasteiger partial charge in [-0.15, -0.1) is 11.3 Å². The van der Waals surface area contributed by atoms with E-state index >= 15 is 0 Å². The SMILES string of the molecule is CCCCCCCCCCCCCC(=O)Nc1sc2c(c1C(N)=O)CCCC2. The Morgan fingerprint density at radius 3 is 2.07 bits per heavy atom. The fourth-order valence-corrected chi connectivity index (χ4v) is 5.36. The molecule has 1 aliphatic carbocycles. The lowest BCUT2D eigenvalue weighted by atomic mass is 9.95. The van der Waals surface area contributed by atoms with E-state index in [2.05, 4.69) is 12.2 Å². The highest BCUT2D eigenvalue weighted by atomic mass is 32.1. The smallest absolute Gasteiger partial charge is 0.251 e. The fraction of sp³-hybridized carbons (Fsp3) is 0.739. The van der Waals surface area contributed by atoms with Gasteiger partial charge in [0.2, 0.25) is 5.91 Å². The van der Waals surface area contributed by atoms with Crippen LogP contribution in [0.2, 0.25) is 0 Å². The van der Waals surface area contributed by atoms with Crippen molar-refractivity contribution in [2.75, 3.05) is 5.32 Å². The van der Waals surface area contributed by atoms with Gasteiger partial charge in [-0.1, -0.05) is 71.1 Å². The molecule has 158 valence electrons. The minimum atomic E-state index is -0.413. The predicted molar refractivity (Wildman–Crippen MR) is 119 cm³/mol. The van der Waals surface area contributed by atoms with Crippen molar-refractivity contribution in [1.82, 2.24) is 0 Å². The Kier molecular flexibility index (Phi) is 10.6. The van der Waals surface area contributed by atoms with Gasteiger partial charge in [0, 0.05) is 11.3 Å². The van der Waals surface area contributed by atoms with Crippen LogP contribution in [0, 0.1) is 0 Å². The van der Waals surface area contributed by atoms with Gasteiger partial charge in [0.25, 0.3) is 5.91 Å². The maximum Gasteiger partial charge on any atom is 0.251 e. The van der Waals surface area contributed by atoms with Gasteiger partial charge < -0.3 is 11.1 Å². The Balaban J connectivity index is 1.61. The summed E-state index contributed by atoms with van der Waals surface area (Å²) in [5.41, 5.74) is 7.23. The largest absolute Gasteiger partial charge is 0.365 e. The number of aryl methyl sites for hydroxylation is 1. The number of nitrogens with one attached hydrogen (secondary N) is 1. The molecule has 1 aliphatic rings. The molecule has 0 fully saturated rings. The van der Waals surface area contributed by atoms with Crippen LogP contribution in [0.5, 0.6) is 0 Å². The first-order valence-corrected chi connectivity index (χ1v) is 12.2. The summed E-state index contributed by atoms with van der Waals surface area (Å²) in [6, 6.07) is 0. The van der Waals surface area contributed by atoms with Gasteiger partial charge in [-0.2, -0.15) is 0 Å². The third-order valence-corrected chi connectivity index (χ3v) is 6.89. The Hall–Kier alpha value is -1.36. The number of carbonyl (C=O) groups is 2. The molecule has 3 N–H and O–H groups in total. The number of carbonyl (C=O) groups excluding carboxylic acids is 2. The molecule has 0 aliphatic heterocycles. The Bertz CT molecular complexity index is 624. The molecule has 4 nitrogen and oxygen atoms in total. The molecular weight excluding hydrogens is 368 g/mol. The third kappa shape index (κ3) is 7.57. The van der Waals surface area contributed by atoms with Crippen LogP contribution < -0.4 is 11.1 Å². The lowest BCUT2D eigenvalue weighted by molar-refractivity contribution is -0.116. The van der Waals surface area contributed by atoms with E-state index < -0.39 is 5.91 Å². The summed E-state index contributed by atoms with van der Waals surface area (Å²) in [5, 5.41) is 3.64. The van der Waals surface area contributed by atoms with Gasteiger partial charge in [-0.3, -0.25) is 9.59 Å². The monoisotopic (exact) mass is 406 g/mol. The molecule has 0 aromatic carbocycles. The first-order valence-electron chi connectivity index (χ1n) is 11.4. The fourth-order valence-electron chi connectivity index (χ4n) is 4.05. The van der Waals surface area contributed by atoms with E-state index in [-0.39, 0.29) is 5.91 Å². The number of fused-ring (bicyclic) bond motifs is 1. The summed E-state index contributed by atoms with van der Waals surface area (Å²) in [6.07, 6.45) is 18.7. The highest BCUT2D eigenvalue weighted by Gasteiger charge is 2.24. The highest BCUT2D eigenvalue weighted by molar-refractivity contribution is 7.17. The highest BCUT2D eigenvalue weighted by Crippen LogP contribution is 2.37. The first-order chi connectivity index (χ1) is 13.6. The number of anilines is 1. The molecule has 2 rings (SSSR count). The number of hydrogen-bond donors (Lipinski definition) is 2. The molecule has 0 saturated heterocycles. The van der Waals surface area contributed by atoms with E-state index in [4.69, 9.17) is 5.73 Å². The quantitative estimate of drug-likeness (QED) is 0.353. The number of rotatable bonds is 14. The van der Waals surface area contributed by atoms with Crippen LogP contribution in [0.15, 0.2) is 0 Å². The van der Waals surface area contributed by atoms with Crippen LogP contribution >= 0.6 is 11.3 Å². The summed E-state index contributed by atoms with van der Waals surface area (Å²) in [5.74, 6) is -0.401.